The van der Waals surface area contributed by atoms with Gasteiger partial charge in [0, 0.05) is 36.8 Å². The van der Waals surface area contributed by atoms with Gasteiger partial charge in [-0.2, -0.15) is 0 Å². The fraction of sp³-hybridized carbons (Fsp3) is 0.458. The van der Waals surface area contributed by atoms with Crippen LogP contribution in [0.15, 0.2) is 42.5 Å². The highest BCUT2D eigenvalue weighted by molar-refractivity contribution is 5.94. The molecule has 2 aromatic carbocycles. The molecule has 1 fully saturated rings. The molecule has 0 unspecified atom stereocenters. The van der Waals surface area contributed by atoms with Crippen molar-refractivity contribution in [3.8, 4) is 5.75 Å². The Balaban J connectivity index is 1.30. The van der Waals surface area contributed by atoms with Crippen molar-refractivity contribution < 1.29 is 9.53 Å². The Bertz CT molecular complexity index is 825. The molecule has 0 spiro atoms. The lowest BCUT2D eigenvalue weighted by atomic mass is 9.90. The number of aryl methyl sites for hydroxylation is 2. The summed E-state index contributed by atoms with van der Waals surface area (Å²) in [5, 5.41) is 3.26. The van der Waals surface area contributed by atoms with Crippen LogP contribution < -0.4 is 10.1 Å². The second-order valence-corrected chi connectivity index (χ2v) is 8.03. The van der Waals surface area contributed by atoms with Crippen molar-refractivity contribution in [2.75, 3.05) is 20.2 Å². The van der Waals surface area contributed by atoms with E-state index in [1.165, 1.54) is 29.5 Å². The molecular weight excluding hydrogens is 348 g/mol. The molecule has 2 aliphatic rings. The summed E-state index contributed by atoms with van der Waals surface area (Å²) in [4.78, 5) is 15.2. The molecule has 1 amide bonds. The van der Waals surface area contributed by atoms with Gasteiger partial charge in [0.1, 0.15) is 5.75 Å². The van der Waals surface area contributed by atoms with E-state index < -0.39 is 0 Å². The number of piperidine rings is 1. The van der Waals surface area contributed by atoms with Crippen molar-refractivity contribution in [3.63, 3.8) is 0 Å². The van der Waals surface area contributed by atoms with E-state index in [1.807, 2.05) is 18.2 Å². The number of hydrogen-bond acceptors (Lipinski definition) is 3. The molecule has 0 atom stereocenters. The zero-order chi connectivity index (χ0) is 19.3. The molecule has 0 saturated carbocycles. The van der Waals surface area contributed by atoms with E-state index in [-0.39, 0.29) is 11.9 Å². The molecule has 0 aromatic heterocycles. The maximum atomic E-state index is 12.7. The molecule has 0 bridgehead atoms. The second kappa shape index (κ2) is 8.78. The van der Waals surface area contributed by atoms with E-state index in [0.717, 1.165) is 56.6 Å². The highest BCUT2D eigenvalue weighted by Crippen LogP contribution is 2.23. The van der Waals surface area contributed by atoms with Crippen LogP contribution in [0.4, 0.5) is 0 Å². The number of rotatable bonds is 5. The standard InChI is InChI=1S/C24H30N2O2/c1-28-23-9-5-4-8-21(23)17-26-14-12-22(13-15-26)25-24(27)20-11-10-18-6-2-3-7-19(18)16-20/h4-5,8-11,16,22H,2-3,6-7,12-15,17H2,1H3,(H,25,27). The van der Waals surface area contributed by atoms with Crippen LogP contribution in [0.3, 0.4) is 0 Å². The minimum absolute atomic E-state index is 0.0801. The van der Waals surface area contributed by atoms with Gasteiger partial charge < -0.3 is 10.1 Å². The van der Waals surface area contributed by atoms with E-state index in [9.17, 15) is 4.79 Å². The van der Waals surface area contributed by atoms with Crippen molar-refractivity contribution in [3.05, 3.63) is 64.7 Å². The van der Waals surface area contributed by atoms with E-state index in [0.29, 0.717) is 0 Å². The number of carbonyl (C=O) groups is 1. The number of likely N-dealkylation sites (tertiary alicyclic amines) is 1. The maximum absolute atomic E-state index is 12.7. The fourth-order valence-electron chi connectivity index (χ4n) is 4.45. The van der Waals surface area contributed by atoms with Gasteiger partial charge in [0.2, 0.25) is 0 Å². The van der Waals surface area contributed by atoms with Gasteiger partial charge in [-0.05, 0) is 67.9 Å². The van der Waals surface area contributed by atoms with Gasteiger partial charge in [-0.3, -0.25) is 9.69 Å². The summed E-state index contributed by atoms with van der Waals surface area (Å²) in [6.07, 6.45) is 6.76. The predicted octanol–water partition coefficient (Wildman–Crippen LogP) is 3.97. The third kappa shape index (κ3) is 4.39. The predicted molar refractivity (Wildman–Crippen MR) is 112 cm³/mol. The van der Waals surface area contributed by atoms with Crippen molar-refractivity contribution >= 4 is 5.91 Å². The molecule has 1 heterocycles. The summed E-state index contributed by atoms with van der Waals surface area (Å²) < 4.78 is 5.47. The zero-order valence-corrected chi connectivity index (χ0v) is 16.7. The van der Waals surface area contributed by atoms with Crippen LogP contribution in [0.5, 0.6) is 5.75 Å². The topological polar surface area (TPSA) is 41.6 Å². The highest BCUT2D eigenvalue weighted by atomic mass is 16.5. The normalized spacial score (nSPS) is 17.8. The number of methoxy groups -OCH3 is 1. The average molecular weight is 379 g/mol. The highest BCUT2D eigenvalue weighted by Gasteiger charge is 2.22. The van der Waals surface area contributed by atoms with Crippen molar-refractivity contribution in [2.24, 2.45) is 0 Å². The summed E-state index contributed by atoms with van der Waals surface area (Å²) in [5.74, 6) is 1.03. The number of amides is 1. The number of nitrogens with zero attached hydrogens (tertiary/aromatic N) is 1. The van der Waals surface area contributed by atoms with E-state index in [1.54, 1.807) is 7.11 Å². The Morgan fingerprint density at radius 3 is 2.61 bits per heavy atom. The van der Waals surface area contributed by atoms with Crippen LogP contribution >= 0.6 is 0 Å². The number of hydrogen-bond donors (Lipinski definition) is 1. The fourth-order valence-corrected chi connectivity index (χ4v) is 4.45. The first-order valence-corrected chi connectivity index (χ1v) is 10.5. The van der Waals surface area contributed by atoms with E-state index in [2.05, 4.69) is 34.5 Å². The molecule has 28 heavy (non-hydrogen) atoms. The molecule has 1 N–H and O–H groups in total. The van der Waals surface area contributed by atoms with Gasteiger partial charge in [0.05, 0.1) is 7.11 Å². The van der Waals surface area contributed by atoms with Gasteiger partial charge in [-0.15, -0.1) is 0 Å². The van der Waals surface area contributed by atoms with E-state index >= 15 is 0 Å². The molecule has 4 rings (SSSR count). The molecule has 4 nitrogen and oxygen atoms in total. The Labute approximate surface area is 167 Å². The van der Waals surface area contributed by atoms with Crippen LogP contribution in [0, 0.1) is 0 Å². The van der Waals surface area contributed by atoms with Crippen LogP contribution in [0.2, 0.25) is 0 Å². The van der Waals surface area contributed by atoms with Crippen LogP contribution in [0.1, 0.15) is 52.7 Å². The Morgan fingerprint density at radius 1 is 1.07 bits per heavy atom. The van der Waals surface area contributed by atoms with Crippen molar-refractivity contribution in [2.45, 2.75) is 51.1 Å². The number of fused-ring (bicyclic) bond motifs is 1. The van der Waals surface area contributed by atoms with Gasteiger partial charge in [-0.25, -0.2) is 0 Å². The molecule has 4 heteroatoms. The minimum Gasteiger partial charge on any atom is -0.496 e. The molecule has 1 aliphatic carbocycles. The molecule has 1 saturated heterocycles. The molecule has 2 aromatic rings. The number of nitrogens with one attached hydrogen (secondary N) is 1. The quantitative estimate of drug-likeness (QED) is 0.856. The largest absolute Gasteiger partial charge is 0.496 e. The number of para-hydroxylation sites is 1. The zero-order valence-electron chi connectivity index (χ0n) is 16.7. The third-order valence-electron chi connectivity index (χ3n) is 6.12. The van der Waals surface area contributed by atoms with Crippen LogP contribution in [0.25, 0.3) is 0 Å². The smallest absolute Gasteiger partial charge is 0.251 e. The van der Waals surface area contributed by atoms with Gasteiger partial charge in [0.25, 0.3) is 5.91 Å². The van der Waals surface area contributed by atoms with Crippen molar-refractivity contribution in [1.29, 1.82) is 0 Å². The lowest BCUT2D eigenvalue weighted by molar-refractivity contribution is 0.0908. The number of ether oxygens (including phenoxy) is 1. The average Bonchev–Trinajstić information content (AvgIpc) is 2.75. The SMILES string of the molecule is COc1ccccc1CN1CCC(NC(=O)c2ccc3c(c2)CCCC3)CC1. The summed E-state index contributed by atoms with van der Waals surface area (Å²) in [6, 6.07) is 14.7. The lowest BCUT2D eigenvalue weighted by Gasteiger charge is -2.32. The van der Waals surface area contributed by atoms with Gasteiger partial charge in [0.15, 0.2) is 0 Å². The first-order chi connectivity index (χ1) is 13.7. The molecule has 1 aliphatic heterocycles. The maximum Gasteiger partial charge on any atom is 0.251 e. The minimum atomic E-state index is 0.0801. The Kier molecular flexibility index (Phi) is 5.96. The summed E-state index contributed by atoms with van der Waals surface area (Å²) in [6.45, 7) is 2.88. The lowest BCUT2D eigenvalue weighted by Crippen LogP contribution is -2.44. The second-order valence-electron chi connectivity index (χ2n) is 8.03. The van der Waals surface area contributed by atoms with Crippen LogP contribution in [-0.2, 0) is 19.4 Å². The molecule has 148 valence electrons. The van der Waals surface area contributed by atoms with Crippen LogP contribution in [-0.4, -0.2) is 37.0 Å². The first kappa shape index (κ1) is 19.0. The number of carbonyl (C=O) groups excluding carboxylic acids is 1. The monoisotopic (exact) mass is 378 g/mol. The first-order valence-electron chi connectivity index (χ1n) is 10.5. The summed E-state index contributed by atoms with van der Waals surface area (Å²) >= 11 is 0. The number of benzene rings is 2. The molecule has 0 radical (unpaired) electrons. The summed E-state index contributed by atoms with van der Waals surface area (Å²) in [7, 11) is 1.72. The Morgan fingerprint density at radius 2 is 1.82 bits per heavy atom. The molecular formula is C24H30N2O2. The van der Waals surface area contributed by atoms with Crippen molar-refractivity contribution in [1.82, 2.24) is 10.2 Å². The van der Waals surface area contributed by atoms with Gasteiger partial charge >= 0.3 is 0 Å². The third-order valence-corrected chi connectivity index (χ3v) is 6.12. The van der Waals surface area contributed by atoms with E-state index in [4.69, 9.17) is 4.74 Å². The van der Waals surface area contributed by atoms with Gasteiger partial charge in [-0.1, -0.05) is 24.3 Å². The summed E-state index contributed by atoms with van der Waals surface area (Å²) in [5.41, 5.74) is 4.83. The Hall–Kier alpha value is -2.33.